The minimum absolute atomic E-state index is 0.0502. The maximum atomic E-state index is 5.94. The molecule has 0 bridgehead atoms. The van der Waals surface area contributed by atoms with Crippen LogP contribution in [-0.4, -0.2) is 39.8 Å². The summed E-state index contributed by atoms with van der Waals surface area (Å²) in [5.41, 5.74) is 7.02. The third-order valence-corrected chi connectivity index (χ3v) is 3.52. The van der Waals surface area contributed by atoms with E-state index >= 15 is 0 Å². The molecular formula is C15H26N2O2. The van der Waals surface area contributed by atoms with E-state index in [0.29, 0.717) is 6.54 Å². The van der Waals surface area contributed by atoms with Crippen LogP contribution in [0.4, 0.5) is 0 Å². The second kappa shape index (κ2) is 6.26. The van der Waals surface area contributed by atoms with Gasteiger partial charge >= 0.3 is 0 Å². The van der Waals surface area contributed by atoms with E-state index in [2.05, 4.69) is 38.9 Å². The lowest BCUT2D eigenvalue weighted by molar-refractivity contribution is 0.140. The zero-order chi connectivity index (χ0) is 14.6. The second-order valence-corrected chi connectivity index (χ2v) is 5.67. The molecule has 0 amide bonds. The molecule has 0 radical (unpaired) electrons. The first-order chi connectivity index (χ1) is 8.87. The fourth-order valence-electron chi connectivity index (χ4n) is 2.55. The molecule has 4 heteroatoms. The highest BCUT2D eigenvalue weighted by molar-refractivity contribution is 5.43. The molecule has 0 fully saturated rings. The number of ether oxygens (including phenoxy) is 2. The Kier molecular flexibility index (Phi) is 5.20. The smallest absolute Gasteiger partial charge is 0.127 e. The summed E-state index contributed by atoms with van der Waals surface area (Å²) in [6, 6.07) is 6.11. The lowest BCUT2D eigenvalue weighted by Crippen LogP contribution is -2.38. The van der Waals surface area contributed by atoms with Crippen molar-refractivity contribution in [1.82, 2.24) is 4.90 Å². The third-order valence-electron chi connectivity index (χ3n) is 3.52. The van der Waals surface area contributed by atoms with E-state index in [1.54, 1.807) is 14.2 Å². The van der Waals surface area contributed by atoms with Gasteiger partial charge in [-0.05, 0) is 32.1 Å². The zero-order valence-electron chi connectivity index (χ0n) is 12.9. The quantitative estimate of drug-likeness (QED) is 0.858. The van der Waals surface area contributed by atoms with Crippen LogP contribution in [0.25, 0.3) is 0 Å². The van der Waals surface area contributed by atoms with Crippen LogP contribution in [0, 0.1) is 5.41 Å². The highest BCUT2D eigenvalue weighted by Gasteiger charge is 2.33. The molecule has 1 rings (SSSR count). The Morgan fingerprint density at radius 2 is 1.84 bits per heavy atom. The van der Waals surface area contributed by atoms with Crippen LogP contribution in [0.3, 0.4) is 0 Å². The fourth-order valence-corrected chi connectivity index (χ4v) is 2.55. The van der Waals surface area contributed by atoms with Gasteiger partial charge in [-0.2, -0.15) is 0 Å². The molecule has 0 aliphatic rings. The molecule has 1 atom stereocenters. The molecule has 0 spiro atoms. The van der Waals surface area contributed by atoms with Gasteiger partial charge in [-0.1, -0.05) is 19.9 Å². The Labute approximate surface area is 116 Å². The number of nitrogens with zero attached hydrogens (tertiary/aromatic N) is 1. The fraction of sp³-hybridized carbons (Fsp3) is 0.600. The highest BCUT2D eigenvalue weighted by Crippen LogP contribution is 2.41. The van der Waals surface area contributed by atoms with Crippen LogP contribution in [0.2, 0.25) is 0 Å². The van der Waals surface area contributed by atoms with Crippen LogP contribution in [0.5, 0.6) is 11.5 Å². The van der Waals surface area contributed by atoms with Crippen molar-refractivity contribution in [2.45, 2.75) is 19.9 Å². The number of benzene rings is 1. The maximum absolute atomic E-state index is 5.94. The van der Waals surface area contributed by atoms with Crippen LogP contribution in [0.15, 0.2) is 18.2 Å². The molecule has 1 unspecified atom stereocenters. The second-order valence-electron chi connectivity index (χ2n) is 5.67. The molecule has 0 aromatic heterocycles. The monoisotopic (exact) mass is 266 g/mol. The van der Waals surface area contributed by atoms with Crippen LogP contribution in [-0.2, 0) is 0 Å². The summed E-state index contributed by atoms with van der Waals surface area (Å²) in [6.07, 6.45) is 0. The van der Waals surface area contributed by atoms with Crippen molar-refractivity contribution in [3.63, 3.8) is 0 Å². The largest absolute Gasteiger partial charge is 0.497 e. The van der Waals surface area contributed by atoms with Gasteiger partial charge < -0.3 is 20.1 Å². The van der Waals surface area contributed by atoms with E-state index in [9.17, 15) is 0 Å². The van der Waals surface area contributed by atoms with Crippen molar-refractivity contribution in [2.24, 2.45) is 11.1 Å². The first-order valence-corrected chi connectivity index (χ1v) is 6.45. The molecule has 108 valence electrons. The molecule has 0 heterocycles. The Hall–Kier alpha value is -1.26. The van der Waals surface area contributed by atoms with Crippen LogP contribution in [0.1, 0.15) is 25.5 Å². The van der Waals surface area contributed by atoms with Gasteiger partial charge in [0.1, 0.15) is 11.5 Å². The predicted molar refractivity (Wildman–Crippen MR) is 78.8 cm³/mol. The Bertz CT molecular complexity index is 417. The van der Waals surface area contributed by atoms with E-state index in [0.717, 1.165) is 17.1 Å². The lowest BCUT2D eigenvalue weighted by Gasteiger charge is -2.39. The normalized spacial score (nSPS) is 13.5. The van der Waals surface area contributed by atoms with Gasteiger partial charge in [-0.25, -0.2) is 0 Å². The predicted octanol–water partition coefficient (Wildman–Crippen LogP) is 2.29. The van der Waals surface area contributed by atoms with Crippen molar-refractivity contribution >= 4 is 0 Å². The van der Waals surface area contributed by atoms with E-state index in [-0.39, 0.29) is 11.5 Å². The highest BCUT2D eigenvalue weighted by atomic mass is 16.5. The summed E-state index contributed by atoms with van der Waals surface area (Å²) in [7, 11) is 7.46. The lowest BCUT2D eigenvalue weighted by atomic mass is 9.79. The van der Waals surface area contributed by atoms with Gasteiger partial charge in [0.15, 0.2) is 0 Å². The average molecular weight is 266 g/mol. The number of rotatable bonds is 6. The summed E-state index contributed by atoms with van der Waals surface area (Å²) in [6.45, 7) is 4.94. The summed E-state index contributed by atoms with van der Waals surface area (Å²) < 4.78 is 10.8. The van der Waals surface area contributed by atoms with Gasteiger partial charge in [0.2, 0.25) is 0 Å². The Morgan fingerprint density at radius 3 is 2.26 bits per heavy atom. The number of methoxy groups -OCH3 is 2. The summed E-state index contributed by atoms with van der Waals surface area (Å²) in [5, 5.41) is 0. The molecular weight excluding hydrogens is 240 g/mol. The van der Waals surface area contributed by atoms with E-state index in [4.69, 9.17) is 15.2 Å². The van der Waals surface area contributed by atoms with Gasteiger partial charge in [0.05, 0.1) is 14.2 Å². The maximum Gasteiger partial charge on any atom is 0.127 e. The molecule has 2 N–H and O–H groups in total. The first kappa shape index (κ1) is 15.8. The Balaban J connectivity index is 3.31. The molecule has 1 aromatic carbocycles. The number of hydrogen-bond acceptors (Lipinski definition) is 4. The molecule has 1 aromatic rings. The van der Waals surface area contributed by atoms with Gasteiger partial charge in [-0.3, -0.25) is 0 Å². The van der Waals surface area contributed by atoms with Crippen molar-refractivity contribution in [1.29, 1.82) is 0 Å². The average Bonchev–Trinajstić information content (AvgIpc) is 2.38. The van der Waals surface area contributed by atoms with Crippen molar-refractivity contribution in [2.75, 3.05) is 34.9 Å². The van der Waals surface area contributed by atoms with Gasteiger partial charge in [0.25, 0.3) is 0 Å². The third kappa shape index (κ3) is 3.39. The Morgan fingerprint density at radius 1 is 1.21 bits per heavy atom. The van der Waals surface area contributed by atoms with E-state index in [1.165, 1.54) is 0 Å². The number of hydrogen-bond donors (Lipinski definition) is 1. The summed E-state index contributed by atoms with van der Waals surface area (Å²) in [4.78, 5) is 2.18. The zero-order valence-corrected chi connectivity index (χ0v) is 12.9. The van der Waals surface area contributed by atoms with Gasteiger partial charge in [-0.15, -0.1) is 0 Å². The van der Waals surface area contributed by atoms with Gasteiger partial charge in [0, 0.05) is 17.7 Å². The molecule has 0 saturated heterocycles. The van der Waals surface area contributed by atoms with E-state index < -0.39 is 0 Å². The van der Waals surface area contributed by atoms with Crippen LogP contribution >= 0.6 is 0 Å². The molecule has 4 nitrogen and oxygen atoms in total. The molecule has 19 heavy (non-hydrogen) atoms. The van der Waals surface area contributed by atoms with Crippen molar-refractivity contribution in [3.8, 4) is 11.5 Å². The molecule has 0 aliphatic heterocycles. The first-order valence-electron chi connectivity index (χ1n) is 6.45. The topological polar surface area (TPSA) is 47.7 Å². The summed E-state index contributed by atoms with van der Waals surface area (Å²) >= 11 is 0. The van der Waals surface area contributed by atoms with Crippen molar-refractivity contribution in [3.05, 3.63) is 23.8 Å². The van der Waals surface area contributed by atoms with Crippen molar-refractivity contribution < 1.29 is 9.47 Å². The van der Waals surface area contributed by atoms with Crippen LogP contribution < -0.4 is 15.2 Å². The standard InChI is InChI=1S/C15H26N2O2/c1-15(2,10-16)14(17(3)4)12-8-7-11(18-5)9-13(12)19-6/h7-9,14H,10,16H2,1-6H3. The minimum Gasteiger partial charge on any atom is -0.497 e. The molecule has 0 aliphatic carbocycles. The molecule has 0 saturated carbocycles. The summed E-state index contributed by atoms with van der Waals surface area (Å²) in [5.74, 6) is 1.63. The minimum atomic E-state index is -0.0502. The SMILES string of the molecule is COc1ccc(C(N(C)C)C(C)(C)CN)c(OC)c1. The number of nitrogens with two attached hydrogens (primary N) is 1. The van der Waals surface area contributed by atoms with E-state index in [1.807, 2.05) is 12.1 Å².